The summed E-state index contributed by atoms with van der Waals surface area (Å²) >= 11 is 8.63. The van der Waals surface area contributed by atoms with E-state index in [0.717, 1.165) is 9.95 Å². The van der Waals surface area contributed by atoms with Crippen molar-refractivity contribution >= 4 is 39.9 Å². The molecule has 1 radical (unpaired) electrons. The van der Waals surface area contributed by atoms with Gasteiger partial charge < -0.3 is 5.73 Å². The molecule has 0 saturated heterocycles. The van der Waals surface area contributed by atoms with Gasteiger partial charge in [-0.25, -0.2) is 0 Å². The van der Waals surface area contributed by atoms with Crippen molar-refractivity contribution in [1.82, 2.24) is 0 Å². The van der Waals surface area contributed by atoms with Crippen LogP contribution in [0.1, 0.15) is 0 Å². The van der Waals surface area contributed by atoms with Crippen LogP contribution in [0.3, 0.4) is 0 Å². The van der Waals surface area contributed by atoms with Crippen LogP contribution in [-0.2, 0) is 0 Å². The summed E-state index contributed by atoms with van der Waals surface area (Å²) in [5.41, 5.74) is 5.43. The fourth-order valence-electron chi connectivity index (χ4n) is 0.949. The third-order valence-corrected chi connectivity index (χ3v) is 4.60. The second-order valence-electron chi connectivity index (χ2n) is 2.88. The van der Waals surface area contributed by atoms with E-state index in [1.165, 1.54) is 4.90 Å². The minimum atomic E-state index is 0.133. The third kappa shape index (κ3) is 5.02. The van der Waals surface area contributed by atoms with Crippen molar-refractivity contribution in [1.29, 1.82) is 0 Å². The highest BCUT2D eigenvalue weighted by Gasteiger charge is 2.09. The molecule has 0 aliphatic heterocycles. The second-order valence-corrected chi connectivity index (χ2v) is 6.01. The molecule has 0 aromatic heterocycles. The van der Waals surface area contributed by atoms with Gasteiger partial charge in [-0.2, -0.15) is 11.8 Å². The Morgan fingerprint density at radius 2 is 2.07 bits per heavy atom. The molecule has 0 bridgehead atoms. The van der Waals surface area contributed by atoms with E-state index in [4.69, 9.17) is 18.0 Å². The zero-order chi connectivity index (χ0) is 11.1. The van der Waals surface area contributed by atoms with Gasteiger partial charge in [0.05, 0.1) is 4.20 Å². The fraction of sp³-hybridized carbons (Fsp3) is 0.273. The number of thiocarbonyl (C=S) groups is 1. The molecule has 2 N–H and O–H groups in total. The molecule has 1 aromatic carbocycles. The summed E-state index contributed by atoms with van der Waals surface area (Å²) in [4.78, 5) is 1.17. The number of rotatable bonds is 5. The van der Waals surface area contributed by atoms with Gasteiger partial charge in [-0.15, -0.1) is 0 Å². The quantitative estimate of drug-likeness (QED) is 0.647. The average molecular weight is 256 g/mol. The Kier molecular flexibility index (Phi) is 6.32. The van der Waals surface area contributed by atoms with Gasteiger partial charge in [0.2, 0.25) is 0 Å². The minimum Gasteiger partial charge on any atom is -0.330 e. The van der Waals surface area contributed by atoms with Gasteiger partial charge in [-0.05, 0) is 19.1 Å². The maximum atomic E-state index is 5.43. The zero-order valence-electron chi connectivity index (χ0n) is 8.39. The lowest BCUT2D eigenvalue weighted by atomic mass is 10.4. The molecule has 1 aromatic rings. The smallest absolute Gasteiger partial charge is 0.0656 e. The Morgan fingerprint density at radius 1 is 1.40 bits per heavy atom. The lowest BCUT2D eigenvalue weighted by molar-refractivity contribution is 1.15. The Morgan fingerprint density at radius 3 is 2.67 bits per heavy atom. The van der Waals surface area contributed by atoms with Gasteiger partial charge in [-0.3, -0.25) is 0 Å². The monoisotopic (exact) mass is 256 g/mol. The normalized spacial score (nSPS) is 12.4. The van der Waals surface area contributed by atoms with E-state index in [1.54, 1.807) is 23.5 Å². The number of hydrogen-bond acceptors (Lipinski definition) is 4. The van der Waals surface area contributed by atoms with Crippen LogP contribution in [-0.4, -0.2) is 21.7 Å². The van der Waals surface area contributed by atoms with Gasteiger partial charge in [-0.1, -0.05) is 42.2 Å². The predicted octanol–water partition coefficient (Wildman–Crippen LogP) is 3.00. The molecule has 1 nitrogen and oxygen atoms in total. The van der Waals surface area contributed by atoms with Gasteiger partial charge in [0.15, 0.2) is 0 Å². The van der Waals surface area contributed by atoms with Crippen LogP contribution < -0.4 is 5.73 Å². The minimum absolute atomic E-state index is 0.133. The highest BCUT2D eigenvalue weighted by atomic mass is 32.2. The van der Waals surface area contributed by atoms with E-state index in [9.17, 15) is 0 Å². The zero-order valence-corrected chi connectivity index (χ0v) is 10.8. The first-order valence-corrected chi connectivity index (χ1v) is 6.93. The van der Waals surface area contributed by atoms with Crippen molar-refractivity contribution in [2.75, 3.05) is 12.3 Å². The van der Waals surface area contributed by atoms with Gasteiger partial charge >= 0.3 is 0 Å². The molecule has 0 amide bonds. The summed E-state index contributed by atoms with van der Waals surface area (Å²) in [5.74, 6) is 0.906. The van der Waals surface area contributed by atoms with Crippen LogP contribution in [0.2, 0.25) is 0 Å². The molecule has 0 heterocycles. The number of hydrogen-bond donors (Lipinski definition) is 1. The highest BCUT2D eigenvalue weighted by Crippen LogP contribution is 2.25. The number of benzene rings is 1. The van der Waals surface area contributed by atoms with Crippen LogP contribution >= 0.6 is 35.7 Å². The van der Waals surface area contributed by atoms with Crippen molar-refractivity contribution in [3.63, 3.8) is 0 Å². The van der Waals surface area contributed by atoms with E-state index in [0.29, 0.717) is 6.54 Å². The molecule has 0 aliphatic carbocycles. The largest absolute Gasteiger partial charge is 0.330 e. The average Bonchev–Trinajstić information content (AvgIpc) is 2.27. The van der Waals surface area contributed by atoms with Gasteiger partial charge in [0.1, 0.15) is 0 Å². The van der Waals surface area contributed by atoms with E-state index in [-0.39, 0.29) is 5.25 Å². The summed E-state index contributed by atoms with van der Waals surface area (Å²) < 4.78 is 0.916. The van der Waals surface area contributed by atoms with Crippen molar-refractivity contribution in [2.45, 2.75) is 10.1 Å². The van der Waals surface area contributed by atoms with Crippen molar-refractivity contribution in [3.8, 4) is 0 Å². The third-order valence-electron chi connectivity index (χ3n) is 1.66. The maximum Gasteiger partial charge on any atom is 0.0656 e. The first-order chi connectivity index (χ1) is 7.24. The molecule has 4 heteroatoms. The van der Waals surface area contributed by atoms with Crippen LogP contribution in [0.4, 0.5) is 0 Å². The topological polar surface area (TPSA) is 26.0 Å². The van der Waals surface area contributed by atoms with Crippen molar-refractivity contribution < 1.29 is 0 Å². The van der Waals surface area contributed by atoms with E-state index in [1.807, 2.05) is 18.2 Å². The molecular weight excluding hydrogens is 242 g/mol. The second kappa shape index (κ2) is 7.28. The van der Waals surface area contributed by atoms with Crippen LogP contribution in [0.25, 0.3) is 0 Å². The van der Waals surface area contributed by atoms with E-state index >= 15 is 0 Å². The van der Waals surface area contributed by atoms with Crippen LogP contribution in [0, 0.1) is 6.92 Å². The molecule has 0 aliphatic rings. The molecule has 1 rings (SSSR count). The van der Waals surface area contributed by atoms with E-state index in [2.05, 4.69) is 19.1 Å². The SMILES string of the molecule is [CH2]C(SCCN)C(=S)Sc1ccccc1. The molecule has 81 valence electrons. The molecule has 0 saturated carbocycles. The summed E-state index contributed by atoms with van der Waals surface area (Å²) in [7, 11) is 0. The Labute approximate surface area is 105 Å². The van der Waals surface area contributed by atoms with E-state index < -0.39 is 0 Å². The molecule has 0 spiro atoms. The summed E-state index contributed by atoms with van der Waals surface area (Å²) in [6, 6.07) is 10.1. The Balaban J connectivity index is 2.42. The summed E-state index contributed by atoms with van der Waals surface area (Å²) in [6.07, 6.45) is 0. The molecule has 15 heavy (non-hydrogen) atoms. The molecular formula is C11H14NS3. The van der Waals surface area contributed by atoms with Gasteiger partial charge in [0.25, 0.3) is 0 Å². The lowest BCUT2D eigenvalue weighted by Gasteiger charge is -2.11. The Hall–Kier alpha value is -0.0300. The summed E-state index contributed by atoms with van der Waals surface area (Å²) in [6.45, 7) is 4.69. The first kappa shape index (κ1) is 13.0. The number of nitrogens with two attached hydrogens (primary N) is 1. The van der Waals surface area contributed by atoms with Gasteiger partial charge in [0, 0.05) is 22.4 Å². The fourth-order valence-corrected chi connectivity index (χ4v) is 3.00. The first-order valence-electron chi connectivity index (χ1n) is 4.65. The lowest BCUT2D eigenvalue weighted by Crippen LogP contribution is -2.11. The predicted molar refractivity (Wildman–Crippen MR) is 75.6 cm³/mol. The summed E-state index contributed by atoms with van der Waals surface area (Å²) in [5, 5.41) is 0.133. The molecule has 0 fully saturated rings. The molecule has 1 atom stereocenters. The molecule has 1 unspecified atom stereocenters. The maximum absolute atomic E-state index is 5.43. The van der Waals surface area contributed by atoms with Crippen LogP contribution in [0.5, 0.6) is 0 Å². The Bertz CT molecular complexity index is 300. The number of thioether (sulfide) groups is 2. The van der Waals surface area contributed by atoms with Crippen molar-refractivity contribution in [2.24, 2.45) is 5.73 Å². The van der Waals surface area contributed by atoms with Crippen LogP contribution in [0.15, 0.2) is 35.2 Å². The highest BCUT2D eigenvalue weighted by molar-refractivity contribution is 8.25. The standard InChI is InChI=1S/C11H14NS3/c1-9(14-8-7-12)11(13)15-10-5-3-2-4-6-10/h2-6,9H,1,7-8,12H2. The van der Waals surface area contributed by atoms with Crippen molar-refractivity contribution in [3.05, 3.63) is 37.3 Å².